The number of sulfonamides is 1. The van der Waals surface area contributed by atoms with Gasteiger partial charge in [-0.25, -0.2) is 8.42 Å². The van der Waals surface area contributed by atoms with Gasteiger partial charge in [-0.05, 0) is 19.0 Å². The number of aromatic nitrogens is 1. The molecule has 0 amide bonds. The fourth-order valence-electron chi connectivity index (χ4n) is 2.29. The highest BCUT2D eigenvalue weighted by molar-refractivity contribution is 7.92. The number of pyridine rings is 1. The molecule has 0 aliphatic carbocycles. The lowest BCUT2D eigenvalue weighted by Crippen LogP contribution is -2.37. The van der Waals surface area contributed by atoms with Gasteiger partial charge in [0.1, 0.15) is 5.69 Å². The van der Waals surface area contributed by atoms with Gasteiger partial charge in [-0.2, -0.15) is 4.98 Å². The quantitative estimate of drug-likeness (QED) is 0.736. The first kappa shape index (κ1) is 17.8. The van der Waals surface area contributed by atoms with E-state index < -0.39 is 10.0 Å². The minimum atomic E-state index is -3.46. The molecule has 9 heteroatoms. The predicted octanol–water partition coefficient (Wildman–Crippen LogP) is 0.563. The zero-order valence-electron chi connectivity index (χ0n) is 13.4. The number of nitrogens with zero attached hydrogens (tertiary/aromatic N) is 2. The van der Waals surface area contributed by atoms with Crippen molar-refractivity contribution in [3.8, 4) is 11.8 Å². The fraction of sp³-hybridized carbons (Fsp3) is 0.643. The van der Waals surface area contributed by atoms with Crippen molar-refractivity contribution in [2.75, 3.05) is 57.5 Å². The lowest BCUT2D eigenvalue weighted by molar-refractivity contribution is 0.0381. The molecule has 0 atom stereocenters. The Morgan fingerprint density at radius 2 is 2.00 bits per heavy atom. The molecule has 2 rings (SSSR count). The Hall–Kier alpha value is -1.58. The van der Waals surface area contributed by atoms with E-state index in [2.05, 4.69) is 14.6 Å². The molecule has 0 saturated carbocycles. The molecule has 0 radical (unpaired) electrons. The number of methoxy groups -OCH3 is 2. The highest BCUT2D eigenvalue weighted by Gasteiger charge is 2.16. The van der Waals surface area contributed by atoms with E-state index in [0.29, 0.717) is 31.2 Å². The van der Waals surface area contributed by atoms with Gasteiger partial charge in [0, 0.05) is 19.2 Å². The molecule has 8 nitrogen and oxygen atoms in total. The molecule has 0 spiro atoms. The van der Waals surface area contributed by atoms with E-state index in [1.165, 1.54) is 14.2 Å². The third kappa shape index (κ3) is 5.52. The van der Waals surface area contributed by atoms with Crippen LogP contribution < -0.4 is 14.2 Å². The molecule has 0 aromatic carbocycles. The van der Waals surface area contributed by atoms with Crippen LogP contribution in [-0.2, 0) is 14.8 Å². The SMILES string of the molecule is COc1ccc(NS(=O)(=O)CCCN2CCOCC2)c(OC)n1. The van der Waals surface area contributed by atoms with Crippen LogP contribution in [0.1, 0.15) is 6.42 Å². The van der Waals surface area contributed by atoms with Gasteiger partial charge in [0.15, 0.2) is 0 Å². The minimum Gasteiger partial charge on any atom is -0.481 e. The van der Waals surface area contributed by atoms with E-state index in [9.17, 15) is 8.42 Å². The minimum absolute atomic E-state index is 0.0412. The highest BCUT2D eigenvalue weighted by atomic mass is 32.2. The number of hydrogen-bond acceptors (Lipinski definition) is 7. The molecule has 1 saturated heterocycles. The van der Waals surface area contributed by atoms with Gasteiger partial charge in [0.2, 0.25) is 21.8 Å². The van der Waals surface area contributed by atoms with Crippen molar-refractivity contribution in [2.45, 2.75) is 6.42 Å². The molecule has 1 aromatic heterocycles. The summed E-state index contributed by atoms with van der Waals surface area (Å²) in [4.78, 5) is 6.26. The second-order valence-corrected chi connectivity index (χ2v) is 6.98. The van der Waals surface area contributed by atoms with Crippen LogP contribution >= 0.6 is 0 Å². The van der Waals surface area contributed by atoms with Crippen molar-refractivity contribution >= 4 is 15.7 Å². The topological polar surface area (TPSA) is 90.0 Å². The van der Waals surface area contributed by atoms with Crippen LogP contribution in [0.15, 0.2) is 12.1 Å². The maximum absolute atomic E-state index is 12.2. The lowest BCUT2D eigenvalue weighted by Gasteiger charge is -2.26. The van der Waals surface area contributed by atoms with Gasteiger partial charge in [0.05, 0.1) is 33.2 Å². The zero-order valence-corrected chi connectivity index (χ0v) is 14.3. The van der Waals surface area contributed by atoms with Crippen LogP contribution in [0.25, 0.3) is 0 Å². The fourth-order valence-corrected chi connectivity index (χ4v) is 3.39. The van der Waals surface area contributed by atoms with Gasteiger partial charge in [-0.3, -0.25) is 9.62 Å². The Labute approximate surface area is 136 Å². The van der Waals surface area contributed by atoms with Crippen LogP contribution in [0, 0.1) is 0 Å². The Kier molecular flexibility index (Phi) is 6.43. The predicted molar refractivity (Wildman–Crippen MR) is 86.6 cm³/mol. The van der Waals surface area contributed by atoms with E-state index in [1.807, 2.05) is 0 Å². The van der Waals surface area contributed by atoms with E-state index in [1.54, 1.807) is 12.1 Å². The molecule has 1 aliphatic heterocycles. The first-order valence-corrected chi connectivity index (χ1v) is 9.09. The summed E-state index contributed by atoms with van der Waals surface area (Å²) in [5.41, 5.74) is 0.305. The maximum Gasteiger partial charge on any atom is 0.241 e. The van der Waals surface area contributed by atoms with Crippen LogP contribution in [0.4, 0.5) is 5.69 Å². The Balaban J connectivity index is 1.90. The number of hydrogen-bond donors (Lipinski definition) is 1. The largest absolute Gasteiger partial charge is 0.481 e. The average Bonchev–Trinajstić information content (AvgIpc) is 2.55. The lowest BCUT2D eigenvalue weighted by atomic mass is 10.4. The number of anilines is 1. The summed E-state index contributed by atoms with van der Waals surface area (Å²) in [5, 5.41) is 0. The van der Waals surface area contributed by atoms with Gasteiger partial charge in [0.25, 0.3) is 0 Å². The summed E-state index contributed by atoms with van der Waals surface area (Å²) in [6.45, 7) is 3.86. The monoisotopic (exact) mass is 345 g/mol. The summed E-state index contributed by atoms with van der Waals surface area (Å²) in [6, 6.07) is 3.15. The van der Waals surface area contributed by atoms with Crippen molar-refractivity contribution < 1.29 is 22.6 Å². The summed E-state index contributed by atoms with van der Waals surface area (Å²) >= 11 is 0. The van der Waals surface area contributed by atoms with E-state index >= 15 is 0 Å². The van der Waals surface area contributed by atoms with Crippen molar-refractivity contribution in [1.82, 2.24) is 9.88 Å². The molecule has 1 fully saturated rings. The Morgan fingerprint density at radius 1 is 1.26 bits per heavy atom. The molecule has 0 bridgehead atoms. The van der Waals surface area contributed by atoms with Crippen molar-refractivity contribution in [3.63, 3.8) is 0 Å². The smallest absolute Gasteiger partial charge is 0.241 e. The summed E-state index contributed by atoms with van der Waals surface area (Å²) in [5.74, 6) is 0.581. The molecule has 0 unspecified atom stereocenters. The van der Waals surface area contributed by atoms with Gasteiger partial charge >= 0.3 is 0 Å². The average molecular weight is 345 g/mol. The van der Waals surface area contributed by atoms with E-state index in [0.717, 1.165) is 19.6 Å². The second kappa shape index (κ2) is 8.32. The van der Waals surface area contributed by atoms with Gasteiger partial charge in [-0.1, -0.05) is 0 Å². The molecular formula is C14H23N3O5S. The number of ether oxygens (including phenoxy) is 3. The molecule has 23 heavy (non-hydrogen) atoms. The normalized spacial score (nSPS) is 16.1. The van der Waals surface area contributed by atoms with Crippen LogP contribution in [0.3, 0.4) is 0 Å². The van der Waals surface area contributed by atoms with Crippen molar-refractivity contribution in [3.05, 3.63) is 12.1 Å². The van der Waals surface area contributed by atoms with E-state index in [-0.39, 0.29) is 11.6 Å². The summed E-state index contributed by atoms with van der Waals surface area (Å²) in [7, 11) is -0.544. The maximum atomic E-state index is 12.2. The van der Waals surface area contributed by atoms with Gasteiger partial charge < -0.3 is 14.2 Å². The third-order valence-electron chi connectivity index (χ3n) is 3.49. The number of nitrogens with one attached hydrogen (secondary N) is 1. The zero-order chi connectivity index (χ0) is 16.7. The van der Waals surface area contributed by atoms with Gasteiger partial charge in [-0.15, -0.1) is 0 Å². The van der Waals surface area contributed by atoms with Crippen molar-refractivity contribution in [2.24, 2.45) is 0 Å². The molecule has 1 aromatic rings. The first-order valence-electron chi connectivity index (χ1n) is 7.43. The second-order valence-electron chi connectivity index (χ2n) is 5.14. The standard InChI is InChI=1S/C14H23N3O5S/c1-20-13-5-4-12(14(15-13)21-2)16-23(18,19)11-3-6-17-7-9-22-10-8-17/h4-5,16H,3,6-11H2,1-2H3. The number of morpholine rings is 1. The molecular weight excluding hydrogens is 322 g/mol. The van der Waals surface area contributed by atoms with Crippen LogP contribution in [0.2, 0.25) is 0 Å². The first-order chi connectivity index (χ1) is 11.0. The summed E-state index contributed by atoms with van der Waals surface area (Å²) < 4.78 is 42.3. The molecule has 130 valence electrons. The van der Waals surface area contributed by atoms with E-state index in [4.69, 9.17) is 14.2 Å². The third-order valence-corrected chi connectivity index (χ3v) is 4.85. The number of rotatable bonds is 8. The van der Waals surface area contributed by atoms with Crippen LogP contribution in [-0.4, -0.2) is 71.1 Å². The molecule has 2 heterocycles. The summed E-state index contributed by atoms with van der Waals surface area (Å²) in [6.07, 6.45) is 0.557. The molecule has 1 N–H and O–H groups in total. The van der Waals surface area contributed by atoms with Crippen LogP contribution in [0.5, 0.6) is 11.8 Å². The molecule has 1 aliphatic rings. The van der Waals surface area contributed by atoms with Crippen molar-refractivity contribution in [1.29, 1.82) is 0 Å². The Bertz CT molecular complexity index is 602. The Morgan fingerprint density at radius 3 is 2.65 bits per heavy atom. The highest BCUT2D eigenvalue weighted by Crippen LogP contribution is 2.25.